The first kappa shape index (κ1) is 18.5. The number of urea groups is 1. The Hall–Kier alpha value is -2.25. The van der Waals surface area contributed by atoms with Gasteiger partial charge in [0.1, 0.15) is 0 Å². The predicted octanol–water partition coefficient (Wildman–Crippen LogP) is 4.01. The van der Waals surface area contributed by atoms with E-state index in [1.54, 1.807) is 32.0 Å². The first-order valence-electron chi connectivity index (χ1n) is 8.62. The lowest BCUT2D eigenvalue weighted by Crippen LogP contribution is -2.53. The van der Waals surface area contributed by atoms with E-state index in [0.29, 0.717) is 18.5 Å². The van der Waals surface area contributed by atoms with Crippen molar-refractivity contribution >= 4 is 23.3 Å². The van der Waals surface area contributed by atoms with Gasteiger partial charge in [0.25, 0.3) is 0 Å². The molecule has 1 fully saturated rings. The number of aryl methyl sites for hydroxylation is 1. The third-order valence-corrected chi connectivity index (χ3v) is 5.16. The van der Waals surface area contributed by atoms with E-state index in [4.69, 9.17) is 0 Å². The molecule has 1 aromatic rings. The summed E-state index contributed by atoms with van der Waals surface area (Å²) in [5, 5.41) is 5.52. The van der Waals surface area contributed by atoms with Crippen LogP contribution in [0.4, 0.5) is 29.3 Å². The number of nitrogens with zero attached hydrogens (tertiary/aromatic N) is 1. The molecule has 0 bridgehead atoms. The molecule has 1 aromatic carbocycles. The quantitative estimate of drug-likeness (QED) is 0.786. The van der Waals surface area contributed by atoms with Crippen LogP contribution >= 0.6 is 0 Å². The van der Waals surface area contributed by atoms with E-state index in [0.717, 1.165) is 11.3 Å². The van der Waals surface area contributed by atoms with Crippen LogP contribution in [-0.2, 0) is 11.2 Å². The average molecular weight is 369 g/mol. The lowest BCUT2D eigenvalue weighted by Gasteiger charge is -2.44. The highest BCUT2D eigenvalue weighted by molar-refractivity contribution is 5.95. The molecule has 2 aliphatic rings. The van der Waals surface area contributed by atoms with Crippen molar-refractivity contribution in [2.75, 3.05) is 23.7 Å². The number of likely N-dealkylation sites (tertiary alicyclic amines) is 1. The lowest BCUT2D eigenvalue weighted by molar-refractivity contribution is -0.214. The van der Waals surface area contributed by atoms with Crippen molar-refractivity contribution in [3.05, 3.63) is 23.8 Å². The van der Waals surface area contributed by atoms with Crippen molar-refractivity contribution in [3.63, 3.8) is 0 Å². The topological polar surface area (TPSA) is 61.4 Å². The molecule has 0 radical (unpaired) electrons. The minimum atomic E-state index is -4.25. The Bertz CT molecular complexity index is 731. The summed E-state index contributed by atoms with van der Waals surface area (Å²) in [6, 6.07) is 4.79. The predicted molar refractivity (Wildman–Crippen MR) is 91.9 cm³/mol. The number of piperidine rings is 1. The van der Waals surface area contributed by atoms with E-state index in [1.807, 2.05) is 0 Å². The van der Waals surface area contributed by atoms with E-state index in [2.05, 4.69) is 10.6 Å². The van der Waals surface area contributed by atoms with Crippen LogP contribution in [0, 0.1) is 11.3 Å². The molecule has 0 aliphatic carbocycles. The molecule has 142 valence electrons. The molecule has 2 N–H and O–H groups in total. The van der Waals surface area contributed by atoms with E-state index in [1.165, 1.54) is 4.90 Å². The largest absolute Gasteiger partial charge is 0.392 e. The maximum Gasteiger partial charge on any atom is 0.392 e. The van der Waals surface area contributed by atoms with Crippen LogP contribution in [0.1, 0.15) is 32.3 Å². The monoisotopic (exact) mass is 369 g/mol. The number of alkyl halides is 3. The SMILES string of the molecule is CC1(C)CN(C(=O)Nc2ccc3c(c2)CCC(=O)N3)CCC1C(F)(F)F. The summed E-state index contributed by atoms with van der Waals surface area (Å²) in [4.78, 5) is 25.3. The van der Waals surface area contributed by atoms with Gasteiger partial charge in [-0.25, -0.2) is 4.79 Å². The number of carbonyl (C=O) groups is 2. The van der Waals surface area contributed by atoms with Gasteiger partial charge < -0.3 is 15.5 Å². The van der Waals surface area contributed by atoms with Gasteiger partial charge in [-0.1, -0.05) is 13.8 Å². The second-order valence-corrected chi connectivity index (χ2v) is 7.64. The van der Waals surface area contributed by atoms with Crippen molar-refractivity contribution < 1.29 is 22.8 Å². The van der Waals surface area contributed by atoms with E-state index >= 15 is 0 Å². The highest BCUT2D eigenvalue weighted by Crippen LogP contribution is 2.45. The molecule has 3 rings (SSSR count). The van der Waals surface area contributed by atoms with Gasteiger partial charge in [0.05, 0.1) is 5.92 Å². The molecule has 2 aliphatic heterocycles. The number of fused-ring (bicyclic) bond motifs is 1. The fourth-order valence-corrected chi connectivity index (χ4v) is 3.80. The van der Waals surface area contributed by atoms with Crippen LogP contribution in [0.2, 0.25) is 0 Å². The highest BCUT2D eigenvalue weighted by atomic mass is 19.4. The number of nitrogens with one attached hydrogen (secondary N) is 2. The molecule has 5 nitrogen and oxygen atoms in total. The van der Waals surface area contributed by atoms with Crippen LogP contribution in [0.15, 0.2) is 18.2 Å². The number of carbonyl (C=O) groups excluding carboxylic acids is 2. The minimum absolute atomic E-state index is 0.0379. The molecule has 2 heterocycles. The summed E-state index contributed by atoms with van der Waals surface area (Å²) >= 11 is 0. The Morgan fingerprint density at radius 3 is 2.69 bits per heavy atom. The molecular weight excluding hydrogens is 347 g/mol. The van der Waals surface area contributed by atoms with Gasteiger partial charge in [-0.15, -0.1) is 0 Å². The first-order chi connectivity index (χ1) is 12.1. The van der Waals surface area contributed by atoms with Crippen molar-refractivity contribution in [2.24, 2.45) is 11.3 Å². The second kappa shape index (κ2) is 6.48. The Balaban J connectivity index is 1.67. The smallest absolute Gasteiger partial charge is 0.326 e. The Labute approximate surface area is 149 Å². The van der Waals surface area contributed by atoms with Crippen molar-refractivity contribution in [1.29, 1.82) is 0 Å². The second-order valence-electron chi connectivity index (χ2n) is 7.64. The zero-order valence-corrected chi connectivity index (χ0v) is 14.7. The fraction of sp³-hybridized carbons (Fsp3) is 0.556. The zero-order chi connectivity index (χ0) is 19.1. The van der Waals surface area contributed by atoms with Gasteiger partial charge in [0, 0.05) is 30.9 Å². The summed E-state index contributed by atoms with van der Waals surface area (Å²) in [5.74, 6) is -1.45. The van der Waals surface area contributed by atoms with Crippen LogP contribution in [0.25, 0.3) is 0 Å². The normalized spacial score (nSPS) is 22.4. The Kier molecular flexibility index (Phi) is 4.62. The van der Waals surface area contributed by atoms with Gasteiger partial charge in [0.2, 0.25) is 5.91 Å². The number of halogens is 3. The van der Waals surface area contributed by atoms with E-state index in [-0.39, 0.29) is 25.4 Å². The Morgan fingerprint density at radius 1 is 1.31 bits per heavy atom. The molecule has 8 heteroatoms. The molecule has 26 heavy (non-hydrogen) atoms. The third-order valence-electron chi connectivity index (χ3n) is 5.16. The summed E-state index contributed by atoms with van der Waals surface area (Å²) in [7, 11) is 0. The molecule has 0 saturated carbocycles. The summed E-state index contributed by atoms with van der Waals surface area (Å²) in [6.07, 6.45) is -3.37. The Morgan fingerprint density at radius 2 is 2.04 bits per heavy atom. The van der Waals surface area contributed by atoms with Crippen molar-refractivity contribution in [3.8, 4) is 0 Å². The number of anilines is 2. The van der Waals surface area contributed by atoms with Crippen molar-refractivity contribution in [1.82, 2.24) is 4.90 Å². The molecule has 1 unspecified atom stereocenters. The number of hydrogen-bond acceptors (Lipinski definition) is 2. The van der Waals surface area contributed by atoms with Gasteiger partial charge in [-0.05, 0) is 42.0 Å². The van der Waals surface area contributed by atoms with E-state index < -0.39 is 23.5 Å². The van der Waals surface area contributed by atoms with Gasteiger partial charge in [-0.2, -0.15) is 13.2 Å². The van der Waals surface area contributed by atoms with Crippen LogP contribution < -0.4 is 10.6 Å². The molecule has 1 saturated heterocycles. The van der Waals surface area contributed by atoms with Crippen LogP contribution in [0.3, 0.4) is 0 Å². The molecular formula is C18H22F3N3O2. The highest BCUT2D eigenvalue weighted by Gasteiger charge is 2.51. The summed E-state index contributed by atoms with van der Waals surface area (Å²) in [6.45, 7) is 3.21. The fourth-order valence-electron chi connectivity index (χ4n) is 3.80. The molecule has 3 amide bonds. The third kappa shape index (κ3) is 3.78. The van der Waals surface area contributed by atoms with Gasteiger partial charge in [-0.3, -0.25) is 4.79 Å². The number of hydrogen-bond donors (Lipinski definition) is 2. The summed E-state index contributed by atoms with van der Waals surface area (Å²) < 4.78 is 39.5. The van der Waals surface area contributed by atoms with Gasteiger partial charge in [0.15, 0.2) is 0 Å². The van der Waals surface area contributed by atoms with E-state index in [9.17, 15) is 22.8 Å². The molecule has 1 atom stereocenters. The minimum Gasteiger partial charge on any atom is -0.326 e. The zero-order valence-electron chi connectivity index (χ0n) is 14.7. The molecule has 0 spiro atoms. The summed E-state index contributed by atoms with van der Waals surface area (Å²) in [5.41, 5.74) is 1.19. The number of rotatable bonds is 1. The van der Waals surface area contributed by atoms with Crippen LogP contribution in [-0.4, -0.2) is 36.1 Å². The first-order valence-corrected chi connectivity index (χ1v) is 8.62. The average Bonchev–Trinajstić information content (AvgIpc) is 2.52. The van der Waals surface area contributed by atoms with Crippen LogP contribution in [0.5, 0.6) is 0 Å². The standard InChI is InChI=1S/C18H22F3N3O2/c1-17(2)10-24(8-7-14(17)18(19,20)21)16(26)22-12-4-5-13-11(9-12)3-6-15(25)23-13/h4-5,9,14H,3,6-8,10H2,1-2H3,(H,22,26)(H,23,25). The number of amides is 3. The van der Waals surface area contributed by atoms with Gasteiger partial charge >= 0.3 is 12.2 Å². The number of benzene rings is 1. The molecule has 0 aromatic heterocycles. The maximum absolute atomic E-state index is 13.2. The lowest BCUT2D eigenvalue weighted by atomic mass is 9.73. The van der Waals surface area contributed by atoms with Crippen molar-refractivity contribution in [2.45, 2.75) is 39.3 Å². The maximum atomic E-state index is 13.2.